The molecule has 304 valence electrons. The molecule has 0 spiro atoms. The van der Waals surface area contributed by atoms with E-state index in [1.807, 2.05) is 24.3 Å². The molecule has 0 fully saturated rings. The van der Waals surface area contributed by atoms with E-state index in [-0.39, 0.29) is 11.6 Å². The Hall–Kier alpha value is -8.46. The zero-order valence-corrected chi connectivity index (χ0v) is 35.4. The van der Waals surface area contributed by atoms with Gasteiger partial charge in [0.2, 0.25) is 0 Å². The number of fused-ring (bicyclic) bond motifs is 10. The van der Waals surface area contributed by atoms with Crippen molar-refractivity contribution in [1.82, 2.24) is 0 Å². The van der Waals surface area contributed by atoms with E-state index in [0.29, 0.717) is 0 Å². The molecule has 0 aromatic heterocycles. The molecule has 66 heavy (non-hydrogen) atoms. The highest BCUT2D eigenvalue weighted by molar-refractivity contribution is 6.42. The first-order valence-electron chi connectivity index (χ1n) is 22.6. The third-order valence-electron chi connectivity index (χ3n) is 14.8. The van der Waals surface area contributed by atoms with Crippen molar-refractivity contribution in [1.29, 1.82) is 0 Å². The Labute approximate surface area is 378 Å². The van der Waals surface area contributed by atoms with Gasteiger partial charge in [-0.25, -0.2) is 8.78 Å². The Kier molecular flexibility index (Phi) is 7.11. The average Bonchev–Trinajstić information content (AvgIpc) is 3.88. The van der Waals surface area contributed by atoms with Crippen LogP contribution in [0.15, 0.2) is 206 Å². The molecule has 0 saturated carbocycles. The van der Waals surface area contributed by atoms with Crippen LogP contribution in [0.2, 0.25) is 0 Å². The topological polar surface area (TPSA) is 0 Å². The van der Waals surface area contributed by atoms with Crippen molar-refractivity contribution in [2.75, 3.05) is 0 Å². The Bertz CT molecular complexity index is 3950. The largest absolute Gasteiger partial charge is 0.207 e. The van der Waals surface area contributed by atoms with Crippen LogP contribution < -0.4 is 0 Å². The molecule has 0 unspecified atom stereocenters. The molecule has 2 heteroatoms. The van der Waals surface area contributed by atoms with Crippen LogP contribution in [0.4, 0.5) is 8.78 Å². The predicted octanol–water partition coefficient (Wildman–Crippen LogP) is 18.3. The fourth-order valence-electron chi connectivity index (χ4n) is 12.3. The van der Waals surface area contributed by atoms with E-state index in [2.05, 4.69) is 158 Å². The summed E-state index contributed by atoms with van der Waals surface area (Å²) in [5.74, 6) is -0.491. The molecule has 0 nitrogen and oxygen atoms in total. The van der Waals surface area contributed by atoms with Crippen LogP contribution in [0, 0.1) is 11.6 Å². The van der Waals surface area contributed by atoms with Crippen molar-refractivity contribution in [2.45, 2.75) is 0 Å². The lowest BCUT2D eigenvalue weighted by atomic mass is 9.82. The van der Waals surface area contributed by atoms with Crippen LogP contribution in [0.1, 0.15) is 0 Å². The van der Waals surface area contributed by atoms with Crippen molar-refractivity contribution in [2.24, 2.45) is 0 Å². The Morgan fingerprint density at radius 2 is 0.439 bits per heavy atom. The third kappa shape index (κ3) is 4.60. The van der Waals surface area contributed by atoms with Gasteiger partial charge in [-0.1, -0.05) is 182 Å². The number of benzene rings is 13. The van der Waals surface area contributed by atoms with Crippen LogP contribution in [0.5, 0.6) is 0 Å². The van der Waals surface area contributed by atoms with Gasteiger partial charge in [-0.15, -0.1) is 0 Å². The van der Waals surface area contributed by atoms with Gasteiger partial charge in [0.05, 0.1) is 0 Å². The number of halogens is 2. The smallest absolute Gasteiger partial charge is 0.123 e. The van der Waals surface area contributed by atoms with E-state index in [4.69, 9.17) is 0 Å². The second-order valence-electron chi connectivity index (χ2n) is 18.0. The Morgan fingerprint density at radius 3 is 0.727 bits per heavy atom. The van der Waals surface area contributed by atoms with E-state index >= 15 is 0 Å². The van der Waals surface area contributed by atoms with E-state index < -0.39 is 0 Å². The molecule has 0 atom stereocenters. The summed E-state index contributed by atoms with van der Waals surface area (Å²) >= 11 is 0. The zero-order chi connectivity index (χ0) is 43.4. The first-order valence-corrected chi connectivity index (χ1v) is 22.6. The summed E-state index contributed by atoms with van der Waals surface area (Å²) in [6.07, 6.45) is 0. The third-order valence-corrected chi connectivity index (χ3v) is 14.8. The highest BCUT2D eigenvalue weighted by Crippen LogP contribution is 2.62. The summed E-state index contributed by atoms with van der Waals surface area (Å²) < 4.78 is 29.2. The summed E-state index contributed by atoms with van der Waals surface area (Å²) in [6, 6.07) is 71.9. The summed E-state index contributed by atoms with van der Waals surface area (Å²) in [4.78, 5) is 0. The lowest BCUT2D eigenvalue weighted by Crippen LogP contribution is -1.93. The molecule has 2 aliphatic carbocycles. The van der Waals surface area contributed by atoms with Crippen LogP contribution in [0.3, 0.4) is 0 Å². The summed E-state index contributed by atoms with van der Waals surface area (Å²) in [5.41, 5.74) is 18.7. The van der Waals surface area contributed by atoms with Gasteiger partial charge in [0.1, 0.15) is 11.6 Å². The van der Waals surface area contributed by atoms with Crippen molar-refractivity contribution >= 4 is 64.6 Å². The maximum absolute atomic E-state index is 14.6. The zero-order valence-electron chi connectivity index (χ0n) is 35.4. The lowest BCUT2D eigenvalue weighted by Gasteiger charge is -2.20. The monoisotopic (exact) mass is 840 g/mol. The minimum atomic E-state index is -0.245. The normalized spacial score (nSPS) is 12.4. The van der Waals surface area contributed by atoms with Gasteiger partial charge in [-0.2, -0.15) is 0 Å². The molecule has 0 saturated heterocycles. The molecule has 13 aromatic rings. The highest BCUT2D eigenvalue weighted by Gasteiger charge is 2.35. The Balaban J connectivity index is 1.08. The first kappa shape index (κ1) is 35.9. The summed E-state index contributed by atoms with van der Waals surface area (Å²) in [7, 11) is 0. The maximum atomic E-state index is 14.6. The van der Waals surface area contributed by atoms with Crippen molar-refractivity contribution in [3.8, 4) is 89.0 Å². The van der Waals surface area contributed by atoms with E-state index in [1.165, 1.54) is 121 Å². The quantitative estimate of drug-likeness (QED) is 0.122. The predicted molar refractivity (Wildman–Crippen MR) is 273 cm³/mol. The average molecular weight is 841 g/mol. The molecule has 0 bridgehead atoms. The molecule has 0 heterocycles. The fraction of sp³-hybridized carbons (Fsp3) is 0. The highest BCUT2D eigenvalue weighted by atomic mass is 19.1. The lowest BCUT2D eigenvalue weighted by molar-refractivity contribution is 0.627. The number of hydrogen-bond donors (Lipinski definition) is 0. The number of rotatable bonds is 4. The summed E-state index contributed by atoms with van der Waals surface area (Å²) in [5, 5.41) is 14.6. The Morgan fingerprint density at radius 1 is 0.182 bits per heavy atom. The minimum absolute atomic E-state index is 0.245. The standard InChI is InChI=1S/C64H34F2/c65-39-23-19-37(20-24-39)55-43-17-9-7-15-41(43)53(35-11-3-1-4-12-35)61-49-31-27-45-48-30-34-52-60-50(32-28-46(58(48)60)47-29-33-51(63(55)61)59(49)57(45)47)62-54(36-13-5-2-6-14-36)42-16-8-10-18-44(42)56(64(52)62)38-21-25-40(66)26-22-38/h1-34H. The molecule has 0 amide bonds. The second-order valence-corrected chi connectivity index (χ2v) is 18.0. The van der Waals surface area contributed by atoms with Crippen molar-refractivity contribution in [3.05, 3.63) is 218 Å². The molecule has 13 aromatic carbocycles. The first-order chi connectivity index (χ1) is 32.6. The van der Waals surface area contributed by atoms with Gasteiger partial charge >= 0.3 is 0 Å². The van der Waals surface area contributed by atoms with Gasteiger partial charge in [0, 0.05) is 0 Å². The molecule has 2 aliphatic rings. The fourth-order valence-corrected chi connectivity index (χ4v) is 12.3. The van der Waals surface area contributed by atoms with Gasteiger partial charge < -0.3 is 0 Å². The molecule has 15 rings (SSSR count). The maximum Gasteiger partial charge on any atom is 0.123 e. The molecule has 0 aliphatic heterocycles. The van der Waals surface area contributed by atoms with Crippen molar-refractivity contribution < 1.29 is 8.78 Å². The molecule has 0 radical (unpaired) electrons. The van der Waals surface area contributed by atoms with Crippen LogP contribution in [-0.2, 0) is 0 Å². The van der Waals surface area contributed by atoms with Gasteiger partial charge in [-0.3, -0.25) is 0 Å². The van der Waals surface area contributed by atoms with E-state index in [9.17, 15) is 8.78 Å². The minimum Gasteiger partial charge on any atom is -0.207 e. The van der Waals surface area contributed by atoms with Gasteiger partial charge in [0.15, 0.2) is 0 Å². The van der Waals surface area contributed by atoms with Crippen molar-refractivity contribution in [3.63, 3.8) is 0 Å². The molecule has 0 N–H and O–H groups in total. The second kappa shape index (κ2) is 13.1. The molecular formula is C64H34F2. The van der Waals surface area contributed by atoms with Crippen LogP contribution in [0.25, 0.3) is 154 Å². The number of hydrogen-bond acceptors (Lipinski definition) is 0. The van der Waals surface area contributed by atoms with Crippen LogP contribution in [-0.4, -0.2) is 0 Å². The van der Waals surface area contributed by atoms with Crippen LogP contribution >= 0.6 is 0 Å². The molecular weight excluding hydrogens is 807 g/mol. The SMILES string of the molecule is Fc1ccc(-c2c3c(c(-c4ccccc4)c4ccccc24)-c2ccc4c5ccc6c7c(ccc(c8ccc-3c2c48)c75)-c2c-6c(-c3ccc(F)cc3)c3ccccc3c2-c2ccccc2)cc1. The van der Waals surface area contributed by atoms with E-state index in [1.54, 1.807) is 24.3 Å². The summed E-state index contributed by atoms with van der Waals surface area (Å²) in [6.45, 7) is 0. The van der Waals surface area contributed by atoms with Gasteiger partial charge in [0.25, 0.3) is 0 Å². The van der Waals surface area contributed by atoms with E-state index in [0.717, 1.165) is 33.0 Å². The van der Waals surface area contributed by atoms with Gasteiger partial charge in [-0.05, 0) is 178 Å².